The van der Waals surface area contributed by atoms with Gasteiger partial charge in [-0.3, -0.25) is 0 Å². The molecule has 1 rings (SSSR count). The Morgan fingerprint density at radius 1 is 0.694 bits per heavy atom. The van der Waals surface area contributed by atoms with Gasteiger partial charge in [0.15, 0.2) is 8.32 Å². The molecule has 1 aromatic carbocycles. The minimum Gasteiger partial charge on any atom is -0.413 e. The quantitative estimate of drug-likeness (QED) is 0.0720. The third-order valence-electron chi connectivity index (χ3n) is 12.1. The monoisotopic (exact) mass is 725 g/mol. The summed E-state index contributed by atoms with van der Waals surface area (Å²) in [6, 6.07) is 13.6. The molecule has 6 atom stereocenters. The first-order valence-corrected chi connectivity index (χ1v) is 24.3. The maximum atomic E-state index is 10.5. The van der Waals surface area contributed by atoms with Gasteiger partial charge in [-0.2, -0.15) is 0 Å². The number of rotatable bonds is 27. The maximum absolute atomic E-state index is 10.5. The van der Waals surface area contributed by atoms with Crippen LogP contribution >= 0.6 is 0 Å². The van der Waals surface area contributed by atoms with Crippen molar-refractivity contribution in [2.24, 2.45) is 17.3 Å². The van der Waals surface area contributed by atoms with Crippen molar-refractivity contribution in [2.75, 3.05) is 27.4 Å². The Hall–Kier alpha value is -0.586. The van der Waals surface area contributed by atoms with Crippen LogP contribution in [0.1, 0.15) is 121 Å². The van der Waals surface area contributed by atoms with Crippen LogP contribution in [0.4, 0.5) is 0 Å². The standard InChI is InChI=1S/C41H80O6Si2/c1-16-48(17-2,18-3)47-40(41(12,13)30-42)28-39(44-15)34(10)24-25-38(46-49(31(4)5,32(6)7)33(8)9)35(11)37(43-14)26-27-45-29-36-22-20-19-21-23-36/h19-23,31-35,37-40,42H,16-18,24-30H2,1-15H3/t34-,35+,37+,38-,39-,40-/m0/s1. The average molecular weight is 725 g/mol. The van der Waals surface area contributed by atoms with Crippen LogP contribution in [0, 0.1) is 17.3 Å². The summed E-state index contributed by atoms with van der Waals surface area (Å²) in [7, 11) is -0.364. The van der Waals surface area contributed by atoms with Crippen LogP contribution in [0.2, 0.25) is 34.8 Å². The van der Waals surface area contributed by atoms with E-state index < -0.39 is 16.6 Å². The number of benzene rings is 1. The molecular formula is C41H80O6Si2. The van der Waals surface area contributed by atoms with Crippen LogP contribution in [-0.2, 0) is 29.7 Å². The zero-order valence-corrected chi connectivity index (χ0v) is 36.6. The summed E-state index contributed by atoms with van der Waals surface area (Å²) in [5, 5.41) is 10.5. The predicted molar refractivity (Wildman–Crippen MR) is 213 cm³/mol. The highest BCUT2D eigenvalue weighted by atomic mass is 28.4. The molecule has 0 aliphatic rings. The molecule has 0 bridgehead atoms. The third kappa shape index (κ3) is 13.4. The van der Waals surface area contributed by atoms with Gasteiger partial charge in [0.2, 0.25) is 8.32 Å². The summed E-state index contributed by atoms with van der Waals surface area (Å²) >= 11 is 0. The lowest BCUT2D eigenvalue weighted by atomic mass is 9.81. The van der Waals surface area contributed by atoms with Crippen molar-refractivity contribution >= 4 is 16.6 Å². The van der Waals surface area contributed by atoms with Crippen LogP contribution in [0.15, 0.2) is 30.3 Å². The molecule has 0 aliphatic heterocycles. The molecule has 0 heterocycles. The van der Waals surface area contributed by atoms with E-state index in [0.717, 1.165) is 43.8 Å². The molecule has 288 valence electrons. The van der Waals surface area contributed by atoms with Gasteiger partial charge in [-0.05, 0) is 71.9 Å². The third-order valence-corrected chi connectivity index (χ3v) is 22.9. The fourth-order valence-electron chi connectivity index (χ4n) is 8.21. The molecule has 0 amide bonds. The van der Waals surface area contributed by atoms with Crippen LogP contribution < -0.4 is 0 Å². The summed E-state index contributed by atoms with van der Waals surface area (Å²) in [5.74, 6) is 0.504. The van der Waals surface area contributed by atoms with Crippen molar-refractivity contribution < 1.29 is 28.2 Å². The van der Waals surface area contributed by atoms with E-state index in [1.54, 1.807) is 0 Å². The molecule has 0 aliphatic carbocycles. The second-order valence-electron chi connectivity index (χ2n) is 16.5. The van der Waals surface area contributed by atoms with E-state index in [4.69, 9.17) is 23.1 Å². The Bertz CT molecular complexity index is 953. The molecule has 0 unspecified atom stereocenters. The molecular weight excluding hydrogens is 645 g/mol. The van der Waals surface area contributed by atoms with Crippen LogP contribution in [-0.4, -0.2) is 73.6 Å². The number of hydrogen-bond acceptors (Lipinski definition) is 6. The predicted octanol–water partition coefficient (Wildman–Crippen LogP) is 11.0. The summed E-state index contributed by atoms with van der Waals surface area (Å²) in [6.07, 6.45) is 3.61. The number of aliphatic hydroxyl groups excluding tert-OH is 1. The van der Waals surface area contributed by atoms with Gasteiger partial charge in [0, 0.05) is 32.2 Å². The molecule has 1 N–H and O–H groups in total. The highest BCUT2D eigenvalue weighted by Crippen LogP contribution is 2.45. The summed E-state index contributed by atoms with van der Waals surface area (Å²) in [4.78, 5) is 0. The Morgan fingerprint density at radius 3 is 1.67 bits per heavy atom. The number of hydrogen-bond donors (Lipinski definition) is 1. The summed E-state index contributed by atoms with van der Waals surface area (Å²) in [5.41, 5.74) is 2.34. The molecule has 0 aromatic heterocycles. The van der Waals surface area contributed by atoms with Crippen molar-refractivity contribution in [1.29, 1.82) is 0 Å². The highest BCUT2D eigenvalue weighted by molar-refractivity contribution is 6.77. The van der Waals surface area contributed by atoms with Crippen LogP contribution in [0.5, 0.6) is 0 Å². The first kappa shape index (κ1) is 46.4. The smallest absolute Gasteiger partial charge is 0.200 e. The van der Waals surface area contributed by atoms with E-state index in [1.807, 2.05) is 20.3 Å². The summed E-state index contributed by atoms with van der Waals surface area (Å²) < 4.78 is 33.3. The molecule has 0 fully saturated rings. The van der Waals surface area contributed by atoms with E-state index in [1.165, 1.54) is 5.56 Å². The van der Waals surface area contributed by atoms with Crippen molar-refractivity contribution in [3.05, 3.63) is 35.9 Å². The lowest BCUT2D eigenvalue weighted by molar-refractivity contribution is -0.0456. The van der Waals surface area contributed by atoms with Gasteiger partial charge in [0.25, 0.3) is 0 Å². The highest BCUT2D eigenvalue weighted by Gasteiger charge is 2.48. The van der Waals surface area contributed by atoms with Crippen molar-refractivity contribution in [3.63, 3.8) is 0 Å². The number of aliphatic hydroxyl groups is 1. The van der Waals surface area contributed by atoms with Crippen LogP contribution in [0.25, 0.3) is 0 Å². The van der Waals surface area contributed by atoms with E-state index in [0.29, 0.717) is 35.8 Å². The lowest BCUT2D eigenvalue weighted by Gasteiger charge is -2.47. The molecule has 8 heteroatoms. The second kappa shape index (κ2) is 22.5. The fourth-order valence-corrected chi connectivity index (χ4v) is 16.9. The zero-order chi connectivity index (χ0) is 37.4. The van der Waals surface area contributed by atoms with Gasteiger partial charge in [-0.25, -0.2) is 0 Å². The van der Waals surface area contributed by atoms with E-state index in [2.05, 4.69) is 114 Å². The van der Waals surface area contributed by atoms with Gasteiger partial charge in [-0.1, -0.05) is 120 Å². The van der Waals surface area contributed by atoms with E-state index >= 15 is 0 Å². The normalized spacial score (nSPS) is 17.0. The van der Waals surface area contributed by atoms with Crippen LogP contribution in [0.3, 0.4) is 0 Å². The minimum atomic E-state index is -2.16. The topological polar surface area (TPSA) is 66.4 Å². The van der Waals surface area contributed by atoms with Gasteiger partial charge in [0.05, 0.1) is 37.6 Å². The van der Waals surface area contributed by atoms with Gasteiger partial charge in [-0.15, -0.1) is 0 Å². The molecule has 0 saturated carbocycles. The Balaban J connectivity index is 3.29. The molecule has 0 radical (unpaired) electrons. The van der Waals surface area contributed by atoms with Gasteiger partial charge >= 0.3 is 0 Å². The van der Waals surface area contributed by atoms with E-state index in [-0.39, 0.29) is 42.4 Å². The lowest BCUT2D eigenvalue weighted by Crippen LogP contribution is -2.52. The van der Waals surface area contributed by atoms with Crippen molar-refractivity contribution in [2.45, 2.75) is 181 Å². The molecule has 0 saturated heterocycles. The molecule has 49 heavy (non-hydrogen) atoms. The Kier molecular flexibility index (Phi) is 21.3. The average Bonchev–Trinajstić information content (AvgIpc) is 3.08. The molecule has 1 aromatic rings. The largest absolute Gasteiger partial charge is 0.413 e. The Labute approximate surface area is 306 Å². The van der Waals surface area contributed by atoms with Crippen molar-refractivity contribution in [1.82, 2.24) is 0 Å². The minimum absolute atomic E-state index is 0.0240. The maximum Gasteiger partial charge on any atom is 0.200 e. The van der Waals surface area contributed by atoms with Gasteiger partial charge in [0.1, 0.15) is 0 Å². The first-order valence-electron chi connectivity index (χ1n) is 19.7. The van der Waals surface area contributed by atoms with E-state index in [9.17, 15) is 5.11 Å². The zero-order valence-electron chi connectivity index (χ0n) is 34.6. The fraction of sp³-hybridized carbons (Fsp3) is 0.854. The van der Waals surface area contributed by atoms with Crippen molar-refractivity contribution in [3.8, 4) is 0 Å². The number of methoxy groups -OCH3 is 2. The molecule has 6 nitrogen and oxygen atoms in total. The second-order valence-corrected chi connectivity index (χ2v) is 26.6. The Morgan fingerprint density at radius 2 is 1.22 bits per heavy atom. The summed E-state index contributed by atoms with van der Waals surface area (Å²) in [6.45, 7) is 31.4. The van der Waals surface area contributed by atoms with Gasteiger partial charge < -0.3 is 28.2 Å². The number of ether oxygens (including phenoxy) is 3. The molecule has 0 spiro atoms. The first-order chi connectivity index (χ1) is 23.0. The SMILES string of the molecule is CC[Si](CC)(CC)O[C@@H](C[C@H](OC)[C@@H](C)CC[C@H](O[Si](C(C)C)(C(C)C)C(C)C)[C@H](C)[C@@H](CCOCc1ccccc1)OC)C(C)(C)CO.